The molecule has 1 aromatic heterocycles. The van der Waals surface area contributed by atoms with E-state index in [4.69, 9.17) is 4.74 Å². The third-order valence-electron chi connectivity index (χ3n) is 1.96. The Morgan fingerprint density at radius 1 is 1.62 bits per heavy atom. The first-order valence-corrected chi connectivity index (χ1v) is 5.44. The Kier molecular flexibility index (Phi) is 4.42. The van der Waals surface area contributed by atoms with Crippen LogP contribution in [0.15, 0.2) is 17.5 Å². The SMILES string of the molecule is CCOC(C)C(O)Cc1cccs1. The number of hydrogen-bond acceptors (Lipinski definition) is 3. The molecule has 0 saturated carbocycles. The fraction of sp³-hybridized carbons (Fsp3) is 0.600. The number of hydrogen-bond donors (Lipinski definition) is 1. The predicted octanol–water partition coefficient (Wildman–Crippen LogP) is 2.08. The Bertz CT molecular complexity index is 221. The van der Waals surface area contributed by atoms with Gasteiger partial charge in [-0.1, -0.05) is 6.07 Å². The number of aliphatic hydroxyl groups is 1. The van der Waals surface area contributed by atoms with E-state index in [9.17, 15) is 5.11 Å². The van der Waals surface area contributed by atoms with E-state index in [0.29, 0.717) is 13.0 Å². The summed E-state index contributed by atoms with van der Waals surface area (Å²) in [6.45, 7) is 4.50. The summed E-state index contributed by atoms with van der Waals surface area (Å²) >= 11 is 1.67. The van der Waals surface area contributed by atoms with Crippen molar-refractivity contribution in [2.75, 3.05) is 6.61 Å². The summed E-state index contributed by atoms with van der Waals surface area (Å²) in [7, 11) is 0. The predicted molar refractivity (Wildman–Crippen MR) is 55.1 cm³/mol. The Balaban J connectivity index is 2.36. The molecule has 0 aliphatic carbocycles. The van der Waals surface area contributed by atoms with Crippen molar-refractivity contribution in [2.45, 2.75) is 32.5 Å². The van der Waals surface area contributed by atoms with E-state index >= 15 is 0 Å². The van der Waals surface area contributed by atoms with Crippen LogP contribution in [0.5, 0.6) is 0 Å². The third-order valence-corrected chi connectivity index (χ3v) is 2.86. The van der Waals surface area contributed by atoms with Crippen molar-refractivity contribution in [1.29, 1.82) is 0 Å². The number of aliphatic hydroxyl groups excluding tert-OH is 1. The molecule has 0 amide bonds. The Hall–Kier alpha value is -0.380. The molecule has 0 fully saturated rings. The molecule has 1 N–H and O–H groups in total. The number of thiophene rings is 1. The van der Waals surface area contributed by atoms with Gasteiger partial charge in [-0.25, -0.2) is 0 Å². The molecule has 0 aliphatic heterocycles. The highest BCUT2D eigenvalue weighted by atomic mass is 32.1. The van der Waals surface area contributed by atoms with Crippen molar-refractivity contribution in [3.05, 3.63) is 22.4 Å². The lowest BCUT2D eigenvalue weighted by molar-refractivity contribution is -0.0204. The van der Waals surface area contributed by atoms with E-state index in [1.54, 1.807) is 11.3 Å². The third kappa shape index (κ3) is 3.46. The summed E-state index contributed by atoms with van der Waals surface area (Å²) < 4.78 is 5.31. The van der Waals surface area contributed by atoms with Gasteiger partial charge in [0.2, 0.25) is 0 Å². The minimum absolute atomic E-state index is 0.0768. The van der Waals surface area contributed by atoms with Crippen LogP contribution < -0.4 is 0 Å². The smallest absolute Gasteiger partial charge is 0.0847 e. The maximum atomic E-state index is 9.70. The van der Waals surface area contributed by atoms with Gasteiger partial charge in [0.05, 0.1) is 12.2 Å². The Morgan fingerprint density at radius 3 is 2.92 bits per heavy atom. The second kappa shape index (κ2) is 5.37. The highest BCUT2D eigenvalue weighted by Crippen LogP contribution is 2.13. The standard InChI is InChI=1S/C10H16O2S/c1-3-12-8(2)10(11)7-9-5-4-6-13-9/h4-6,8,10-11H,3,7H2,1-2H3. The van der Waals surface area contributed by atoms with E-state index in [0.717, 1.165) is 0 Å². The van der Waals surface area contributed by atoms with E-state index in [1.165, 1.54) is 4.88 Å². The molecule has 74 valence electrons. The average Bonchev–Trinajstić information content (AvgIpc) is 2.57. The van der Waals surface area contributed by atoms with E-state index < -0.39 is 6.10 Å². The topological polar surface area (TPSA) is 29.5 Å². The molecule has 0 aromatic carbocycles. The maximum Gasteiger partial charge on any atom is 0.0847 e. The number of rotatable bonds is 5. The van der Waals surface area contributed by atoms with Gasteiger partial charge in [0, 0.05) is 17.9 Å². The van der Waals surface area contributed by atoms with Crippen molar-refractivity contribution in [3.8, 4) is 0 Å². The summed E-state index contributed by atoms with van der Waals surface area (Å²) in [5.74, 6) is 0. The van der Waals surface area contributed by atoms with Crippen LogP contribution in [-0.4, -0.2) is 23.9 Å². The van der Waals surface area contributed by atoms with Crippen LogP contribution in [0, 0.1) is 0 Å². The molecule has 1 rings (SSSR count). The first kappa shape index (κ1) is 10.7. The molecule has 2 atom stereocenters. The zero-order valence-corrected chi connectivity index (χ0v) is 8.88. The number of ether oxygens (including phenoxy) is 1. The highest BCUT2D eigenvalue weighted by molar-refractivity contribution is 7.09. The monoisotopic (exact) mass is 200 g/mol. The minimum atomic E-state index is -0.390. The van der Waals surface area contributed by atoms with Crippen LogP contribution in [-0.2, 0) is 11.2 Å². The average molecular weight is 200 g/mol. The van der Waals surface area contributed by atoms with Crippen LogP contribution >= 0.6 is 11.3 Å². The summed E-state index contributed by atoms with van der Waals surface area (Å²) in [5, 5.41) is 11.7. The molecule has 2 nitrogen and oxygen atoms in total. The minimum Gasteiger partial charge on any atom is -0.390 e. The summed E-state index contributed by atoms with van der Waals surface area (Å²) in [6, 6.07) is 4.03. The van der Waals surface area contributed by atoms with E-state index in [2.05, 4.69) is 0 Å². The van der Waals surface area contributed by atoms with Crippen LogP contribution in [0.1, 0.15) is 18.7 Å². The van der Waals surface area contributed by atoms with E-state index in [1.807, 2.05) is 31.4 Å². The van der Waals surface area contributed by atoms with Gasteiger partial charge in [0.15, 0.2) is 0 Å². The molecule has 2 unspecified atom stereocenters. The van der Waals surface area contributed by atoms with Gasteiger partial charge in [-0.15, -0.1) is 11.3 Å². The fourth-order valence-corrected chi connectivity index (χ4v) is 1.93. The van der Waals surface area contributed by atoms with E-state index in [-0.39, 0.29) is 6.10 Å². The molecule has 0 spiro atoms. The molecule has 3 heteroatoms. The van der Waals surface area contributed by atoms with Gasteiger partial charge < -0.3 is 9.84 Å². The van der Waals surface area contributed by atoms with Crippen molar-refractivity contribution in [1.82, 2.24) is 0 Å². The van der Waals surface area contributed by atoms with Gasteiger partial charge in [0.1, 0.15) is 0 Å². The van der Waals surface area contributed by atoms with Crippen molar-refractivity contribution in [3.63, 3.8) is 0 Å². The van der Waals surface area contributed by atoms with Gasteiger partial charge in [-0.05, 0) is 25.3 Å². The molecular weight excluding hydrogens is 184 g/mol. The molecular formula is C10H16O2S. The first-order chi connectivity index (χ1) is 6.24. The first-order valence-electron chi connectivity index (χ1n) is 4.56. The van der Waals surface area contributed by atoms with Crippen molar-refractivity contribution < 1.29 is 9.84 Å². The van der Waals surface area contributed by atoms with Crippen LogP contribution in [0.25, 0.3) is 0 Å². The fourth-order valence-electron chi connectivity index (χ4n) is 1.17. The van der Waals surface area contributed by atoms with Gasteiger partial charge in [-0.3, -0.25) is 0 Å². The van der Waals surface area contributed by atoms with Crippen LogP contribution in [0.2, 0.25) is 0 Å². The lowest BCUT2D eigenvalue weighted by Crippen LogP contribution is -2.27. The largest absolute Gasteiger partial charge is 0.390 e. The summed E-state index contributed by atoms with van der Waals surface area (Å²) in [6.07, 6.45) is 0.226. The van der Waals surface area contributed by atoms with Gasteiger partial charge >= 0.3 is 0 Å². The van der Waals surface area contributed by atoms with Gasteiger partial charge in [-0.2, -0.15) is 0 Å². The zero-order valence-electron chi connectivity index (χ0n) is 8.06. The summed E-state index contributed by atoms with van der Waals surface area (Å²) in [4.78, 5) is 1.21. The van der Waals surface area contributed by atoms with Crippen molar-refractivity contribution in [2.24, 2.45) is 0 Å². The molecule has 0 saturated heterocycles. The zero-order chi connectivity index (χ0) is 9.68. The highest BCUT2D eigenvalue weighted by Gasteiger charge is 2.14. The maximum absolute atomic E-state index is 9.70. The Morgan fingerprint density at radius 2 is 2.38 bits per heavy atom. The van der Waals surface area contributed by atoms with Crippen molar-refractivity contribution >= 4 is 11.3 Å². The Labute approximate surface area is 83.2 Å². The van der Waals surface area contributed by atoms with Gasteiger partial charge in [0.25, 0.3) is 0 Å². The van der Waals surface area contributed by atoms with Crippen LogP contribution in [0.4, 0.5) is 0 Å². The second-order valence-electron chi connectivity index (χ2n) is 3.01. The molecule has 0 bridgehead atoms. The molecule has 0 radical (unpaired) electrons. The molecule has 0 aliphatic rings. The quantitative estimate of drug-likeness (QED) is 0.788. The summed E-state index contributed by atoms with van der Waals surface area (Å²) in [5.41, 5.74) is 0. The molecule has 1 heterocycles. The lowest BCUT2D eigenvalue weighted by atomic mass is 10.1. The molecule has 13 heavy (non-hydrogen) atoms. The molecule has 1 aromatic rings. The second-order valence-corrected chi connectivity index (χ2v) is 4.04. The van der Waals surface area contributed by atoms with Crippen LogP contribution in [0.3, 0.4) is 0 Å². The lowest BCUT2D eigenvalue weighted by Gasteiger charge is -2.17. The normalized spacial score (nSPS) is 15.6.